The number of carbonyl (C=O) groups excluding carboxylic acids is 1. The van der Waals surface area contributed by atoms with E-state index in [9.17, 15) is 4.79 Å². The Morgan fingerprint density at radius 3 is 2.77 bits per heavy atom. The fourth-order valence-electron chi connectivity index (χ4n) is 3.02. The minimum absolute atomic E-state index is 0.0705. The van der Waals surface area contributed by atoms with Gasteiger partial charge in [0.2, 0.25) is 0 Å². The van der Waals surface area contributed by atoms with Crippen LogP contribution in [0.5, 0.6) is 0 Å². The summed E-state index contributed by atoms with van der Waals surface area (Å²) >= 11 is 3.06. The number of hydrogen-bond donors (Lipinski definition) is 1. The average Bonchev–Trinajstić information content (AvgIpc) is 3.36. The highest BCUT2D eigenvalue weighted by atomic mass is 32.1. The number of nitrogens with one attached hydrogen (secondary N) is 1. The summed E-state index contributed by atoms with van der Waals surface area (Å²) in [5.74, 6) is 0.0705. The summed E-state index contributed by atoms with van der Waals surface area (Å²) in [6.45, 7) is 3.50. The maximum atomic E-state index is 12.8. The molecule has 1 N–H and O–H groups in total. The molecule has 0 aromatic carbocycles. The number of aromatic nitrogens is 4. The number of likely N-dealkylation sites (tertiary alicyclic amines) is 1. The molecule has 9 heteroatoms. The quantitative estimate of drug-likeness (QED) is 0.743. The molecule has 0 aliphatic carbocycles. The van der Waals surface area contributed by atoms with E-state index in [1.54, 1.807) is 28.4 Å². The van der Waals surface area contributed by atoms with Crippen LogP contribution in [0, 0.1) is 6.92 Å². The van der Waals surface area contributed by atoms with Crippen LogP contribution in [0.15, 0.2) is 24.0 Å². The van der Waals surface area contributed by atoms with E-state index < -0.39 is 0 Å². The van der Waals surface area contributed by atoms with E-state index in [4.69, 9.17) is 0 Å². The number of piperidine rings is 1. The second-order valence-corrected chi connectivity index (χ2v) is 8.33. The van der Waals surface area contributed by atoms with Crippen molar-refractivity contribution in [3.63, 3.8) is 0 Å². The first-order valence-corrected chi connectivity index (χ1v) is 10.2. The van der Waals surface area contributed by atoms with Crippen molar-refractivity contribution in [2.45, 2.75) is 25.8 Å². The molecule has 0 bridgehead atoms. The van der Waals surface area contributed by atoms with Crippen molar-refractivity contribution in [1.29, 1.82) is 0 Å². The van der Waals surface area contributed by atoms with Gasteiger partial charge in [0.1, 0.15) is 9.88 Å². The summed E-state index contributed by atoms with van der Waals surface area (Å²) in [5.41, 5.74) is 1.98. The summed E-state index contributed by atoms with van der Waals surface area (Å²) in [7, 11) is 1.87. The molecule has 0 atom stereocenters. The van der Waals surface area contributed by atoms with Crippen LogP contribution in [0.2, 0.25) is 0 Å². The molecule has 0 saturated carbocycles. The molecule has 4 rings (SSSR count). The number of rotatable bonds is 4. The highest BCUT2D eigenvalue weighted by Crippen LogP contribution is 2.27. The molecule has 3 aromatic rings. The van der Waals surface area contributed by atoms with Crippen LogP contribution in [0.4, 0.5) is 5.13 Å². The Bertz CT molecular complexity index is 906. The maximum Gasteiger partial charge on any atom is 0.265 e. The van der Waals surface area contributed by atoms with Gasteiger partial charge in [0.05, 0.1) is 18.1 Å². The smallest absolute Gasteiger partial charge is 0.265 e. The molecular formula is C17H20N6OS2. The lowest BCUT2D eigenvalue weighted by Crippen LogP contribution is -2.42. The van der Waals surface area contributed by atoms with Crippen molar-refractivity contribution < 1.29 is 4.79 Å². The Morgan fingerprint density at radius 2 is 2.12 bits per heavy atom. The largest absolute Gasteiger partial charge is 0.359 e. The van der Waals surface area contributed by atoms with Crippen molar-refractivity contribution in [2.24, 2.45) is 7.05 Å². The Labute approximate surface area is 159 Å². The predicted octanol–water partition coefficient (Wildman–Crippen LogP) is 3.03. The number of nitrogens with zero attached hydrogens (tertiary/aromatic N) is 5. The Kier molecular flexibility index (Phi) is 4.73. The second kappa shape index (κ2) is 7.16. The third-order valence-electron chi connectivity index (χ3n) is 4.40. The van der Waals surface area contributed by atoms with E-state index in [0.717, 1.165) is 47.3 Å². The minimum atomic E-state index is 0.0705. The lowest BCUT2D eigenvalue weighted by Gasteiger charge is -2.32. The standard InChI is InChI=1S/C17H20N6OS2/c1-11-10-25-17(20-11)21-13-3-5-23(6-4-13)16(24)14-8-18-15(26-14)12-7-19-22(2)9-12/h7-10,13H,3-6H2,1-2H3,(H,20,21). The van der Waals surface area contributed by atoms with Crippen LogP contribution in [0.3, 0.4) is 0 Å². The minimum Gasteiger partial charge on any atom is -0.359 e. The van der Waals surface area contributed by atoms with Gasteiger partial charge in [0.25, 0.3) is 5.91 Å². The van der Waals surface area contributed by atoms with E-state index in [-0.39, 0.29) is 5.91 Å². The van der Waals surface area contributed by atoms with Gasteiger partial charge in [-0.2, -0.15) is 5.10 Å². The molecule has 0 unspecified atom stereocenters. The monoisotopic (exact) mass is 388 g/mol. The molecule has 7 nitrogen and oxygen atoms in total. The third kappa shape index (κ3) is 3.63. The zero-order valence-corrected chi connectivity index (χ0v) is 16.3. The van der Waals surface area contributed by atoms with Gasteiger partial charge < -0.3 is 10.2 Å². The van der Waals surface area contributed by atoms with Crippen molar-refractivity contribution >= 4 is 33.7 Å². The summed E-state index contributed by atoms with van der Waals surface area (Å²) < 4.78 is 1.74. The van der Waals surface area contributed by atoms with Crippen LogP contribution in [-0.4, -0.2) is 49.7 Å². The Hall–Kier alpha value is -2.26. The summed E-state index contributed by atoms with van der Waals surface area (Å²) in [6, 6.07) is 0.372. The Morgan fingerprint density at radius 1 is 1.31 bits per heavy atom. The first kappa shape index (κ1) is 17.2. The fraction of sp³-hybridized carbons (Fsp3) is 0.412. The van der Waals surface area contributed by atoms with Gasteiger partial charge in [-0.15, -0.1) is 22.7 Å². The maximum absolute atomic E-state index is 12.8. The van der Waals surface area contributed by atoms with E-state index in [2.05, 4.69) is 20.4 Å². The lowest BCUT2D eigenvalue weighted by molar-refractivity contribution is 0.0723. The van der Waals surface area contributed by atoms with Crippen molar-refractivity contribution in [1.82, 2.24) is 24.6 Å². The molecule has 0 radical (unpaired) electrons. The zero-order valence-electron chi connectivity index (χ0n) is 14.7. The molecule has 4 heterocycles. The average molecular weight is 389 g/mol. The molecule has 26 heavy (non-hydrogen) atoms. The first-order chi connectivity index (χ1) is 12.6. The van der Waals surface area contributed by atoms with Crippen molar-refractivity contribution in [3.05, 3.63) is 34.5 Å². The van der Waals surface area contributed by atoms with Gasteiger partial charge in [0, 0.05) is 43.3 Å². The molecule has 1 aliphatic rings. The second-order valence-electron chi connectivity index (χ2n) is 6.44. The van der Waals surface area contributed by atoms with E-state index in [0.29, 0.717) is 10.9 Å². The molecular weight excluding hydrogens is 368 g/mol. The van der Waals surface area contributed by atoms with E-state index in [1.165, 1.54) is 11.3 Å². The molecule has 1 fully saturated rings. The summed E-state index contributed by atoms with van der Waals surface area (Å²) in [6.07, 6.45) is 7.21. The van der Waals surface area contributed by atoms with E-state index in [1.807, 2.05) is 30.4 Å². The normalized spacial score (nSPS) is 15.4. The number of aryl methyl sites for hydroxylation is 2. The molecule has 0 spiro atoms. The predicted molar refractivity (Wildman–Crippen MR) is 104 cm³/mol. The van der Waals surface area contributed by atoms with Crippen LogP contribution in [0.25, 0.3) is 10.6 Å². The van der Waals surface area contributed by atoms with Crippen molar-refractivity contribution in [2.75, 3.05) is 18.4 Å². The fourth-order valence-corrected chi connectivity index (χ4v) is 4.64. The van der Waals surface area contributed by atoms with Gasteiger partial charge in [-0.3, -0.25) is 9.48 Å². The van der Waals surface area contributed by atoms with Gasteiger partial charge in [-0.25, -0.2) is 9.97 Å². The van der Waals surface area contributed by atoms with Crippen LogP contribution < -0.4 is 5.32 Å². The first-order valence-electron chi connectivity index (χ1n) is 8.51. The van der Waals surface area contributed by atoms with Crippen LogP contribution in [-0.2, 0) is 7.05 Å². The number of hydrogen-bond acceptors (Lipinski definition) is 7. The number of amides is 1. The van der Waals surface area contributed by atoms with Crippen molar-refractivity contribution in [3.8, 4) is 10.6 Å². The third-order valence-corrected chi connectivity index (χ3v) is 6.32. The number of carbonyl (C=O) groups is 1. The number of anilines is 1. The van der Waals surface area contributed by atoms with Gasteiger partial charge in [-0.05, 0) is 19.8 Å². The zero-order chi connectivity index (χ0) is 18.1. The SMILES string of the molecule is Cc1csc(NC2CCN(C(=O)c3cnc(-c4cnn(C)c4)s3)CC2)n1. The molecule has 1 amide bonds. The highest BCUT2D eigenvalue weighted by molar-refractivity contribution is 7.16. The molecule has 1 saturated heterocycles. The number of thiazole rings is 2. The molecule has 1 aliphatic heterocycles. The van der Waals surface area contributed by atoms with Crippen LogP contribution >= 0.6 is 22.7 Å². The van der Waals surface area contributed by atoms with Gasteiger partial charge >= 0.3 is 0 Å². The van der Waals surface area contributed by atoms with Gasteiger partial charge in [0.15, 0.2) is 5.13 Å². The lowest BCUT2D eigenvalue weighted by atomic mass is 10.1. The van der Waals surface area contributed by atoms with Crippen LogP contribution in [0.1, 0.15) is 28.2 Å². The molecule has 3 aromatic heterocycles. The summed E-state index contributed by atoms with van der Waals surface area (Å²) in [4.78, 5) is 24.2. The molecule has 136 valence electrons. The summed E-state index contributed by atoms with van der Waals surface area (Å²) in [5, 5.41) is 11.5. The Balaban J connectivity index is 1.35. The topological polar surface area (TPSA) is 75.9 Å². The van der Waals surface area contributed by atoms with E-state index >= 15 is 0 Å². The van der Waals surface area contributed by atoms with Gasteiger partial charge in [-0.1, -0.05) is 0 Å². The highest BCUT2D eigenvalue weighted by Gasteiger charge is 2.25.